The molecule has 0 aliphatic carbocycles. The molecule has 2 aromatic rings. The molecule has 0 saturated carbocycles. The van der Waals surface area contributed by atoms with Crippen LogP contribution in [0.4, 0.5) is 5.69 Å². The van der Waals surface area contributed by atoms with Gasteiger partial charge in [0, 0.05) is 28.9 Å². The van der Waals surface area contributed by atoms with Gasteiger partial charge < -0.3 is 10.1 Å². The molecular weight excluding hydrogens is 342 g/mol. The van der Waals surface area contributed by atoms with Gasteiger partial charge in [0.05, 0.1) is 6.54 Å². The van der Waals surface area contributed by atoms with E-state index >= 15 is 0 Å². The molecule has 1 aliphatic rings. The van der Waals surface area contributed by atoms with Crippen molar-refractivity contribution in [1.29, 1.82) is 0 Å². The second kappa shape index (κ2) is 7.38. The highest BCUT2D eigenvalue weighted by Gasteiger charge is 2.25. The second-order valence-electron chi connectivity index (χ2n) is 5.62. The van der Waals surface area contributed by atoms with Crippen molar-refractivity contribution in [3.63, 3.8) is 0 Å². The Bertz CT molecular complexity index is 847. The van der Waals surface area contributed by atoms with Crippen molar-refractivity contribution in [3.8, 4) is 0 Å². The minimum Gasteiger partial charge on any atom is -0.411 e. The van der Waals surface area contributed by atoms with Crippen molar-refractivity contribution < 1.29 is 15.2 Å². The molecule has 0 radical (unpaired) electrons. The maximum absolute atomic E-state index is 11.0. The first-order valence-corrected chi connectivity index (χ1v) is 7.95. The van der Waals surface area contributed by atoms with E-state index in [-0.39, 0.29) is 0 Å². The van der Waals surface area contributed by atoms with Crippen LogP contribution in [0.5, 0.6) is 0 Å². The van der Waals surface area contributed by atoms with Crippen molar-refractivity contribution in [1.82, 2.24) is 5.48 Å². The normalized spacial score (nSPS) is 15.0. The molecule has 2 aromatic carbocycles. The third-order valence-electron chi connectivity index (χ3n) is 3.96. The maximum atomic E-state index is 11.0. The van der Waals surface area contributed by atoms with Crippen LogP contribution in [-0.4, -0.2) is 28.6 Å². The van der Waals surface area contributed by atoms with Gasteiger partial charge >= 0.3 is 0 Å². The Morgan fingerprint density at radius 1 is 1.28 bits per heavy atom. The van der Waals surface area contributed by atoms with Gasteiger partial charge in [-0.1, -0.05) is 41.0 Å². The Hall–Kier alpha value is -2.83. The molecule has 6 nitrogen and oxygen atoms in total. The van der Waals surface area contributed by atoms with Crippen LogP contribution in [0.25, 0.3) is 6.08 Å². The monoisotopic (exact) mass is 357 g/mol. The van der Waals surface area contributed by atoms with Crippen LogP contribution in [0.3, 0.4) is 0 Å². The number of carbonyl (C=O) groups excluding carboxylic acids is 1. The smallest absolute Gasteiger partial charge is 0.267 e. The Morgan fingerprint density at radius 3 is 2.72 bits per heavy atom. The van der Waals surface area contributed by atoms with E-state index in [0.717, 1.165) is 22.4 Å². The molecule has 0 atom stereocenters. The number of amides is 1. The number of oxime groups is 1. The molecule has 0 aromatic heterocycles. The van der Waals surface area contributed by atoms with E-state index in [9.17, 15) is 10.0 Å². The standard InChI is InChI=1S/C18H16ClN3O3/c19-14-6-7-17-15(9-14)16(20-24)11-22(17)10-13-3-1-12(2-4-13)5-8-18(23)21-25/h1-9,24-25H,10-11H2,(H,21,23)/b8-5+,20-16+. The van der Waals surface area contributed by atoms with Crippen molar-refractivity contribution >= 4 is 35.0 Å². The molecule has 0 fully saturated rings. The number of hydroxylamine groups is 1. The lowest BCUT2D eigenvalue weighted by molar-refractivity contribution is -0.124. The number of benzene rings is 2. The lowest BCUT2D eigenvalue weighted by Crippen LogP contribution is -2.22. The van der Waals surface area contributed by atoms with Crippen LogP contribution in [-0.2, 0) is 11.3 Å². The van der Waals surface area contributed by atoms with Gasteiger partial charge in [-0.15, -0.1) is 0 Å². The summed E-state index contributed by atoms with van der Waals surface area (Å²) in [4.78, 5) is 13.1. The van der Waals surface area contributed by atoms with Gasteiger partial charge in [-0.05, 0) is 35.4 Å². The molecule has 1 aliphatic heterocycles. The van der Waals surface area contributed by atoms with Gasteiger partial charge in [-0.2, -0.15) is 0 Å². The van der Waals surface area contributed by atoms with Gasteiger partial charge in [-0.25, -0.2) is 5.48 Å². The highest BCUT2D eigenvalue weighted by molar-refractivity contribution is 6.31. The summed E-state index contributed by atoms with van der Waals surface area (Å²) >= 11 is 6.03. The zero-order valence-electron chi connectivity index (χ0n) is 13.2. The summed E-state index contributed by atoms with van der Waals surface area (Å²) < 4.78 is 0. The van der Waals surface area contributed by atoms with E-state index < -0.39 is 5.91 Å². The highest BCUT2D eigenvalue weighted by atomic mass is 35.5. The van der Waals surface area contributed by atoms with Crippen molar-refractivity contribution in [2.45, 2.75) is 6.54 Å². The molecule has 3 rings (SSSR count). The van der Waals surface area contributed by atoms with Crippen molar-refractivity contribution in [2.24, 2.45) is 5.16 Å². The number of halogens is 1. The van der Waals surface area contributed by atoms with Crippen molar-refractivity contribution in [2.75, 3.05) is 11.4 Å². The Labute approximate surface area is 149 Å². The summed E-state index contributed by atoms with van der Waals surface area (Å²) in [6.07, 6.45) is 2.86. The predicted octanol–water partition coefficient (Wildman–Crippen LogP) is 3.06. The van der Waals surface area contributed by atoms with Gasteiger partial charge in [0.2, 0.25) is 0 Å². The Balaban J connectivity index is 1.76. The summed E-state index contributed by atoms with van der Waals surface area (Å²) in [5.74, 6) is -0.577. The minimum atomic E-state index is -0.577. The quantitative estimate of drug-likeness (QED) is 0.340. The fourth-order valence-electron chi connectivity index (χ4n) is 2.76. The van der Waals surface area contributed by atoms with Crippen LogP contribution < -0.4 is 10.4 Å². The average molecular weight is 358 g/mol. The first-order valence-electron chi connectivity index (χ1n) is 7.57. The molecule has 7 heteroatoms. The molecule has 128 valence electrons. The van der Waals surface area contributed by atoms with Crippen LogP contribution in [0.15, 0.2) is 53.7 Å². The fourth-order valence-corrected chi connectivity index (χ4v) is 2.93. The van der Waals surface area contributed by atoms with Crippen LogP contribution in [0, 0.1) is 0 Å². The van der Waals surface area contributed by atoms with E-state index in [1.807, 2.05) is 36.4 Å². The maximum Gasteiger partial charge on any atom is 0.267 e. The number of carbonyl (C=O) groups is 1. The SMILES string of the molecule is O=C(/C=C/c1ccc(CN2C/C(=N\O)c3cc(Cl)ccc32)cc1)NO. The summed E-state index contributed by atoms with van der Waals surface area (Å²) in [6.45, 7) is 1.15. The van der Waals surface area contributed by atoms with Crippen LogP contribution in [0.1, 0.15) is 16.7 Å². The van der Waals surface area contributed by atoms with Crippen LogP contribution >= 0.6 is 11.6 Å². The van der Waals surface area contributed by atoms with Gasteiger partial charge in [0.25, 0.3) is 5.91 Å². The van der Waals surface area contributed by atoms with Crippen LogP contribution in [0.2, 0.25) is 5.02 Å². The van der Waals surface area contributed by atoms with Crippen molar-refractivity contribution in [3.05, 3.63) is 70.3 Å². The first kappa shape index (κ1) is 17.0. The van der Waals surface area contributed by atoms with Gasteiger partial charge in [-0.3, -0.25) is 10.0 Å². The third kappa shape index (κ3) is 3.81. The zero-order valence-corrected chi connectivity index (χ0v) is 13.9. The molecule has 25 heavy (non-hydrogen) atoms. The van der Waals surface area contributed by atoms with E-state index in [0.29, 0.717) is 23.8 Å². The number of fused-ring (bicyclic) bond motifs is 1. The zero-order chi connectivity index (χ0) is 17.8. The highest BCUT2D eigenvalue weighted by Crippen LogP contribution is 2.32. The predicted molar refractivity (Wildman–Crippen MR) is 96.2 cm³/mol. The number of nitrogens with zero attached hydrogens (tertiary/aromatic N) is 2. The average Bonchev–Trinajstić information content (AvgIpc) is 2.97. The number of rotatable bonds is 4. The molecule has 0 unspecified atom stereocenters. The molecule has 1 amide bonds. The number of hydrogen-bond acceptors (Lipinski definition) is 5. The lowest BCUT2D eigenvalue weighted by atomic mass is 10.1. The second-order valence-corrected chi connectivity index (χ2v) is 6.05. The number of anilines is 1. The Kier molecular flexibility index (Phi) is 5.02. The minimum absolute atomic E-state index is 0.504. The summed E-state index contributed by atoms with van der Waals surface area (Å²) in [6, 6.07) is 13.2. The number of nitrogens with one attached hydrogen (secondary N) is 1. The molecular formula is C18H16ClN3O3. The summed E-state index contributed by atoms with van der Waals surface area (Å²) in [5.41, 5.74) is 5.86. The van der Waals surface area contributed by atoms with E-state index in [1.54, 1.807) is 17.6 Å². The number of hydrogen-bond donors (Lipinski definition) is 3. The van der Waals surface area contributed by atoms with Gasteiger partial charge in [0.15, 0.2) is 0 Å². The Morgan fingerprint density at radius 2 is 2.04 bits per heavy atom. The molecule has 0 bridgehead atoms. The first-order chi connectivity index (χ1) is 12.1. The molecule has 1 heterocycles. The van der Waals surface area contributed by atoms with E-state index in [4.69, 9.17) is 16.8 Å². The molecule has 0 saturated heterocycles. The van der Waals surface area contributed by atoms with E-state index in [1.165, 1.54) is 6.08 Å². The lowest BCUT2D eigenvalue weighted by Gasteiger charge is -2.19. The fraction of sp³-hybridized carbons (Fsp3) is 0.111. The summed E-state index contributed by atoms with van der Waals surface area (Å²) in [7, 11) is 0. The molecule has 0 spiro atoms. The summed E-state index contributed by atoms with van der Waals surface area (Å²) in [5, 5.41) is 21.6. The topological polar surface area (TPSA) is 85.2 Å². The molecule has 3 N–H and O–H groups in total. The van der Waals surface area contributed by atoms with E-state index in [2.05, 4.69) is 10.1 Å². The largest absolute Gasteiger partial charge is 0.411 e. The van der Waals surface area contributed by atoms with Gasteiger partial charge in [0.1, 0.15) is 5.71 Å². The third-order valence-corrected chi connectivity index (χ3v) is 4.20.